The lowest BCUT2D eigenvalue weighted by molar-refractivity contribution is -0.144. The summed E-state index contributed by atoms with van der Waals surface area (Å²) in [6.45, 7) is 11.4. The molecule has 0 radical (unpaired) electrons. The molecule has 0 saturated carbocycles. The van der Waals surface area contributed by atoms with Gasteiger partial charge in [0.1, 0.15) is 6.04 Å². The largest absolute Gasteiger partial charge is 0.480 e. The van der Waals surface area contributed by atoms with Gasteiger partial charge in [0, 0.05) is 13.1 Å². The standard InChI is InChI=1S/C17H32N2O3/c1-4-16(17(20)21)19-9-6-15(7-10-19)5-8-18-11-13(2)22-14(3)12-18/h13-16H,4-12H2,1-3H3,(H,20,21). The molecular formula is C17H32N2O3. The lowest BCUT2D eigenvalue weighted by Gasteiger charge is -2.38. The van der Waals surface area contributed by atoms with Crippen molar-refractivity contribution in [3.8, 4) is 0 Å². The number of hydrogen-bond donors (Lipinski definition) is 1. The number of aliphatic carboxylic acids is 1. The Hall–Kier alpha value is -0.650. The van der Waals surface area contributed by atoms with E-state index < -0.39 is 5.97 Å². The lowest BCUT2D eigenvalue weighted by atomic mass is 9.92. The summed E-state index contributed by atoms with van der Waals surface area (Å²) in [5.74, 6) is 0.0771. The molecule has 0 bridgehead atoms. The summed E-state index contributed by atoms with van der Waals surface area (Å²) in [6, 6.07) is -0.290. The Morgan fingerprint density at radius 3 is 2.32 bits per heavy atom. The fraction of sp³-hybridized carbons (Fsp3) is 0.941. The van der Waals surface area contributed by atoms with E-state index in [4.69, 9.17) is 4.74 Å². The van der Waals surface area contributed by atoms with Crippen molar-refractivity contribution in [1.82, 2.24) is 9.80 Å². The monoisotopic (exact) mass is 312 g/mol. The number of hydrogen-bond acceptors (Lipinski definition) is 4. The van der Waals surface area contributed by atoms with Crippen molar-refractivity contribution >= 4 is 5.97 Å². The van der Waals surface area contributed by atoms with Crippen molar-refractivity contribution in [2.24, 2.45) is 5.92 Å². The quantitative estimate of drug-likeness (QED) is 0.813. The number of piperidine rings is 1. The molecular weight excluding hydrogens is 280 g/mol. The summed E-state index contributed by atoms with van der Waals surface area (Å²) in [5.41, 5.74) is 0. The minimum atomic E-state index is -0.669. The van der Waals surface area contributed by atoms with Crippen molar-refractivity contribution in [3.63, 3.8) is 0 Å². The zero-order chi connectivity index (χ0) is 16.1. The maximum atomic E-state index is 11.2. The number of carboxylic acid groups (broad SMARTS) is 1. The molecule has 2 heterocycles. The molecule has 128 valence electrons. The minimum Gasteiger partial charge on any atom is -0.480 e. The smallest absolute Gasteiger partial charge is 0.320 e. The second kappa shape index (κ2) is 8.27. The van der Waals surface area contributed by atoms with E-state index >= 15 is 0 Å². The molecule has 0 aliphatic carbocycles. The molecule has 22 heavy (non-hydrogen) atoms. The van der Waals surface area contributed by atoms with E-state index in [1.54, 1.807) is 0 Å². The van der Waals surface area contributed by atoms with Crippen LogP contribution in [0.5, 0.6) is 0 Å². The van der Waals surface area contributed by atoms with Crippen molar-refractivity contribution in [2.75, 3.05) is 32.7 Å². The highest BCUT2D eigenvalue weighted by atomic mass is 16.5. The van der Waals surface area contributed by atoms with Gasteiger partial charge in [-0.25, -0.2) is 0 Å². The van der Waals surface area contributed by atoms with Gasteiger partial charge in [0.05, 0.1) is 12.2 Å². The average Bonchev–Trinajstić information content (AvgIpc) is 2.46. The normalized spacial score (nSPS) is 30.3. The molecule has 2 aliphatic rings. The number of carboxylic acids is 1. The minimum absolute atomic E-state index is 0.290. The first-order valence-electron chi connectivity index (χ1n) is 8.84. The Bertz CT molecular complexity index is 346. The molecule has 3 atom stereocenters. The van der Waals surface area contributed by atoms with Crippen LogP contribution in [0.2, 0.25) is 0 Å². The van der Waals surface area contributed by atoms with E-state index in [1.807, 2.05) is 6.92 Å². The molecule has 2 saturated heterocycles. The van der Waals surface area contributed by atoms with Crippen LogP contribution < -0.4 is 0 Å². The SMILES string of the molecule is CCC(C(=O)O)N1CCC(CCN2CC(C)OC(C)C2)CC1. The second-order valence-corrected chi connectivity index (χ2v) is 7.05. The third kappa shape index (κ3) is 4.93. The molecule has 5 heteroatoms. The van der Waals surface area contributed by atoms with Crippen LogP contribution in [0.4, 0.5) is 0 Å². The Morgan fingerprint density at radius 1 is 1.23 bits per heavy atom. The van der Waals surface area contributed by atoms with Gasteiger partial charge in [0.2, 0.25) is 0 Å². The van der Waals surface area contributed by atoms with Crippen LogP contribution in [0.3, 0.4) is 0 Å². The van der Waals surface area contributed by atoms with E-state index in [0.29, 0.717) is 18.6 Å². The average molecular weight is 312 g/mol. The van der Waals surface area contributed by atoms with Gasteiger partial charge >= 0.3 is 5.97 Å². The number of morpholine rings is 1. The molecule has 1 N–H and O–H groups in total. The van der Waals surface area contributed by atoms with E-state index in [-0.39, 0.29) is 6.04 Å². The van der Waals surface area contributed by atoms with Crippen LogP contribution in [0.15, 0.2) is 0 Å². The lowest BCUT2D eigenvalue weighted by Crippen LogP contribution is -2.47. The van der Waals surface area contributed by atoms with Crippen molar-refractivity contribution in [1.29, 1.82) is 0 Å². The van der Waals surface area contributed by atoms with Crippen molar-refractivity contribution < 1.29 is 14.6 Å². The van der Waals surface area contributed by atoms with Gasteiger partial charge in [0.15, 0.2) is 0 Å². The first-order chi connectivity index (χ1) is 10.5. The Kier molecular flexibility index (Phi) is 6.66. The summed E-state index contributed by atoms with van der Waals surface area (Å²) in [6.07, 6.45) is 4.89. The molecule has 0 spiro atoms. The zero-order valence-electron chi connectivity index (χ0n) is 14.3. The fourth-order valence-electron chi connectivity index (χ4n) is 3.97. The molecule has 0 aromatic heterocycles. The number of rotatable bonds is 6. The van der Waals surface area contributed by atoms with Gasteiger partial charge in [-0.05, 0) is 65.1 Å². The Morgan fingerprint density at radius 2 is 1.82 bits per heavy atom. The van der Waals surface area contributed by atoms with E-state index in [0.717, 1.165) is 51.5 Å². The van der Waals surface area contributed by atoms with Crippen LogP contribution in [0.1, 0.15) is 46.5 Å². The van der Waals surface area contributed by atoms with Crippen LogP contribution in [-0.4, -0.2) is 71.8 Å². The predicted molar refractivity (Wildman–Crippen MR) is 87.1 cm³/mol. The summed E-state index contributed by atoms with van der Waals surface area (Å²) >= 11 is 0. The Balaban J connectivity index is 1.70. The zero-order valence-corrected chi connectivity index (χ0v) is 14.3. The van der Waals surface area contributed by atoms with Crippen LogP contribution in [0, 0.1) is 5.92 Å². The molecule has 0 aromatic carbocycles. The molecule has 2 aliphatic heterocycles. The first kappa shape index (κ1) is 17.7. The molecule has 3 unspecified atom stereocenters. The van der Waals surface area contributed by atoms with E-state index in [9.17, 15) is 9.90 Å². The highest BCUT2D eigenvalue weighted by Gasteiger charge is 2.29. The van der Waals surface area contributed by atoms with Gasteiger partial charge in [-0.15, -0.1) is 0 Å². The van der Waals surface area contributed by atoms with Gasteiger partial charge in [0.25, 0.3) is 0 Å². The number of nitrogens with zero attached hydrogens (tertiary/aromatic N) is 2. The maximum Gasteiger partial charge on any atom is 0.320 e. The summed E-state index contributed by atoms with van der Waals surface area (Å²) < 4.78 is 5.78. The van der Waals surface area contributed by atoms with Gasteiger partial charge in [-0.3, -0.25) is 14.6 Å². The molecule has 0 aromatic rings. The van der Waals surface area contributed by atoms with E-state index in [2.05, 4.69) is 23.6 Å². The summed E-state index contributed by atoms with van der Waals surface area (Å²) in [5, 5.41) is 9.25. The van der Waals surface area contributed by atoms with Gasteiger partial charge < -0.3 is 9.84 Å². The second-order valence-electron chi connectivity index (χ2n) is 7.05. The topological polar surface area (TPSA) is 53.0 Å². The van der Waals surface area contributed by atoms with Crippen LogP contribution >= 0.6 is 0 Å². The van der Waals surface area contributed by atoms with Crippen molar-refractivity contribution in [3.05, 3.63) is 0 Å². The summed E-state index contributed by atoms with van der Waals surface area (Å²) in [4.78, 5) is 15.9. The third-order valence-corrected chi connectivity index (χ3v) is 5.11. The third-order valence-electron chi connectivity index (χ3n) is 5.11. The Labute approximate surface area is 134 Å². The number of likely N-dealkylation sites (tertiary alicyclic amines) is 1. The first-order valence-corrected chi connectivity index (χ1v) is 8.84. The van der Waals surface area contributed by atoms with Gasteiger partial charge in [-0.2, -0.15) is 0 Å². The van der Waals surface area contributed by atoms with Crippen LogP contribution in [0.25, 0.3) is 0 Å². The molecule has 2 rings (SSSR count). The molecule has 0 amide bonds. The van der Waals surface area contributed by atoms with Crippen LogP contribution in [-0.2, 0) is 9.53 Å². The molecule has 5 nitrogen and oxygen atoms in total. The number of ether oxygens (including phenoxy) is 1. The maximum absolute atomic E-state index is 11.2. The number of carbonyl (C=O) groups is 1. The highest BCUT2D eigenvalue weighted by Crippen LogP contribution is 2.24. The van der Waals surface area contributed by atoms with Gasteiger partial charge in [-0.1, -0.05) is 6.92 Å². The van der Waals surface area contributed by atoms with Crippen molar-refractivity contribution in [2.45, 2.75) is 64.7 Å². The fourth-order valence-corrected chi connectivity index (χ4v) is 3.97. The van der Waals surface area contributed by atoms with E-state index in [1.165, 1.54) is 6.42 Å². The molecule has 2 fully saturated rings. The summed E-state index contributed by atoms with van der Waals surface area (Å²) in [7, 11) is 0. The highest BCUT2D eigenvalue weighted by molar-refractivity contribution is 5.73. The predicted octanol–water partition coefficient (Wildman–Crippen LogP) is 2.06.